The Morgan fingerprint density at radius 2 is 1.45 bits per heavy atom. The van der Waals surface area contributed by atoms with E-state index >= 15 is 0 Å². The lowest BCUT2D eigenvalue weighted by Crippen LogP contribution is -2.29. The number of oxime groups is 1. The van der Waals surface area contributed by atoms with Crippen LogP contribution in [0, 0.1) is 0 Å². The maximum Gasteiger partial charge on any atom is 0.253 e. The van der Waals surface area contributed by atoms with Crippen molar-refractivity contribution in [2.75, 3.05) is 27.8 Å². The number of ether oxygens (including phenoxy) is 2. The molecule has 160 valence electrons. The van der Waals surface area contributed by atoms with Gasteiger partial charge in [0.25, 0.3) is 5.91 Å². The van der Waals surface area contributed by atoms with Crippen LogP contribution < -0.4 is 9.47 Å². The number of hydrogen-bond donors (Lipinski definition) is 1. The molecule has 0 atom stereocenters. The van der Waals surface area contributed by atoms with Gasteiger partial charge in [-0.25, -0.2) is 0 Å². The van der Waals surface area contributed by atoms with E-state index < -0.39 is 0 Å². The molecule has 0 aliphatic rings. The van der Waals surface area contributed by atoms with E-state index in [1.165, 1.54) is 0 Å². The Morgan fingerprint density at radius 3 is 2.00 bits per heavy atom. The molecule has 0 radical (unpaired) electrons. The summed E-state index contributed by atoms with van der Waals surface area (Å²) in [6, 6.07) is 22.2. The topological polar surface area (TPSA) is 71.4 Å². The van der Waals surface area contributed by atoms with E-state index in [-0.39, 0.29) is 5.91 Å². The minimum absolute atomic E-state index is 0.0539. The van der Waals surface area contributed by atoms with Crippen molar-refractivity contribution in [1.82, 2.24) is 4.90 Å². The van der Waals surface area contributed by atoms with Crippen molar-refractivity contribution in [3.05, 3.63) is 95.1 Å². The fourth-order valence-electron chi connectivity index (χ4n) is 3.40. The average Bonchev–Trinajstić information content (AvgIpc) is 2.83. The van der Waals surface area contributed by atoms with Gasteiger partial charge in [-0.3, -0.25) is 4.79 Å². The third kappa shape index (κ3) is 5.04. The summed E-state index contributed by atoms with van der Waals surface area (Å²) in [5.41, 5.74) is 3.43. The Morgan fingerprint density at radius 1 is 0.903 bits per heavy atom. The molecule has 3 aromatic carbocycles. The molecule has 0 heterocycles. The number of rotatable bonds is 8. The maximum atomic E-state index is 12.7. The summed E-state index contributed by atoms with van der Waals surface area (Å²) in [5.74, 6) is 1.05. The Bertz CT molecular complexity index is 1050. The summed E-state index contributed by atoms with van der Waals surface area (Å²) >= 11 is 0. The number of methoxy groups -OCH3 is 2. The predicted octanol–water partition coefficient (Wildman–Crippen LogP) is 4.25. The summed E-state index contributed by atoms with van der Waals surface area (Å²) in [6.07, 6.45) is 0.538. The molecule has 6 heteroatoms. The molecular weight excluding hydrogens is 392 g/mol. The second-order valence-electron chi connectivity index (χ2n) is 7.02. The van der Waals surface area contributed by atoms with Gasteiger partial charge in [0.05, 0.1) is 14.2 Å². The zero-order chi connectivity index (χ0) is 22.2. The van der Waals surface area contributed by atoms with Crippen LogP contribution in [0.3, 0.4) is 0 Å². The van der Waals surface area contributed by atoms with Crippen LogP contribution in [-0.4, -0.2) is 49.5 Å². The first kappa shape index (κ1) is 21.9. The molecule has 0 bridgehead atoms. The van der Waals surface area contributed by atoms with E-state index in [1.807, 2.05) is 54.6 Å². The van der Waals surface area contributed by atoms with Gasteiger partial charge < -0.3 is 19.6 Å². The normalized spacial score (nSPS) is 11.1. The highest BCUT2D eigenvalue weighted by atomic mass is 16.5. The van der Waals surface area contributed by atoms with Crippen LogP contribution in [0.1, 0.15) is 27.0 Å². The number of amides is 1. The van der Waals surface area contributed by atoms with E-state index in [4.69, 9.17) is 9.47 Å². The van der Waals surface area contributed by atoms with Crippen molar-refractivity contribution in [1.29, 1.82) is 0 Å². The highest BCUT2D eigenvalue weighted by Gasteiger charge is 2.19. The van der Waals surface area contributed by atoms with Gasteiger partial charge in [0.2, 0.25) is 0 Å². The summed E-state index contributed by atoms with van der Waals surface area (Å²) in [6.45, 7) is 0.476. The molecule has 0 saturated heterocycles. The zero-order valence-corrected chi connectivity index (χ0v) is 17.9. The van der Waals surface area contributed by atoms with Gasteiger partial charge >= 0.3 is 0 Å². The number of carbonyl (C=O) groups excluding carboxylic acids is 1. The van der Waals surface area contributed by atoms with Crippen LogP contribution in [0.25, 0.3) is 0 Å². The van der Waals surface area contributed by atoms with Gasteiger partial charge in [-0.2, -0.15) is 0 Å². The minimum atomic E-state index is -0.0539. The molecule has 1 N–H and O–H groups in total. The Kier molecular flexibility index (Phi) is 7.27. The SMILES string of the molecule is COc1cc(CCN(C)C(=O)c2ccccc2)c(/C(=N\O)c2ccccc2)cc1OC. The largest absolute Gasteiger partial charge is 0.493 e. The molecule has 0 aliphatic carbocycles. The predicted molar refractivity (Wildman–Crippen MR) is 121 cm³/mol. The third-order valence-electron chi connectivity index (χ3n) is 5.10. The highest BCUT2D eigenvalue weighted by Crippen LogP contribution is 2.32. The molecule has 0 spiro atoms. The van der Waals surface area contributed by atoms with E-state index in [0.29, 0.717) is 41.3 Å². The first-order valence-corrected chi connectivity index (χ1v) is 9.92. The van der Waals surface area contributed by atoms with Gasteiger partial charge in [-0.1, -0.05) is 53.7 Å². The van der Waals surface area contributed by atoms with Crippen LogP contribution in [0.2, 0.25) is 0 Å². The number of carbonyl (C=O) groups is 1. The van der Waals surface area contributed by atoms with Crippen LogP contribution in [0.15, 0.2) is 78.0 Å². The smallest absolute Gasteiger partial charge is 0.253 e. The highest BCUT2D eigenvalue weighted by molar-refractivity contribution is 6.13. The second kappa shape index (κ2) is 10.3. The van der Waals surface area contributed by atoms with Gasteiger partial charge in [0.15, 0.2) is 11.5 Å². The fourth-order valence-corrected chi connectivity index (χ4v) is 3.40. The van der Waals surface area contributed by atoms with Crippen LogP contribution >= 0.6 is 0 Å². The Hall–Kier alpha value is -3.80. The Balaban J connectivity index is 1.94. The summed E-state index contributed by atoms with van der Waals surface area (Å²) < 4.78 is 10.9. The summed E-state index contributed by atoms with van der Waals surface area (Å²) in [5, 5.41) is 13.4. The van der Waals surface area contributed by atoms with Crippen LogP contribution in [0.5, 0.6) is 11.5 Å². The van der Waals surface area contributed by atoms with Gasteiger partial charge in [-0.05, 0) is 36.2 Å². The molecule has 0 fully saturated rings. The Labute approximate surface area is 182 Å². The standard InChI is InChI=1S/C25H26N2O4/c1-27(25(28)19-12-8-5-9-13-19)15-14-20-16-22(30-2)23(31-3)17-21(20)24(26-29)18-10-6-4-7-11-18/h4-13,16-17,29H,14-15H2,1-3H3/b26-24-. The van der Waals surface area contributed by atoms with Crippen molar-refractivity contribution in [3.63, 3.8) is 0 Å². The van der Waals surface area contributed by atoms with Crippen molar-refractivity contribution in [2.45, 2.75) is 6.42 Å². The number of hydrogen-bond acceptors (Lipinski definition) is 5. The van der Waals surface area contributed by atoms with Crippen LogP contribution in [-0.2, 0) is 6.42 Å². The maximum absolute atomic E-state index is 12.7. The third-order valence-corrected chi connectivity index (χ3v) is 5.10. The van der Waals surface area contributed by atoms with E-state index in [9.17, 15) is 10.0 Å². The quantitative estimate of drug-likeness (QED) is 0.337. The lowest BCUT2D eigenvalue weighted by molar-refractivity contribution is 0.0796. The average molecular weight is 418 g/mol. The lowest BCUT2D eigenvalue weighted by Gasteiger charge is -2.20. The van der Waals surface area contributed by atoms with Crippen molar-refractivity contribution in [2.24, 2.45) is 5.16 Å². The molecule has 31 heavy (non-hydrogen) atoms. The summed E-state index contributed by atoms with van der Waals surface area (Å²) in [4.78, 5) is 14.4. The molecule has 0 aliphatic heterocycles. The number of nitrogens with zero attached hydrogens (tertiary/aromatic N) is 2. The molecular formula is C25H26N2O4. The summed E-state index contributed by atoms with van der Waals surface area (Å²) in [7, 11) is 4.91. The first-order chi connectivity index (χ1) is 15.1. The number of benzene rings is 3. The molecule has 6 nitrogen and oxygen atoms in total. The molecule has 3 aromatic rings. The van der Waals surface area contributed by atoms with Gasteiger partial charge in [0, 0.05) is 30.3 Å². The van der Waals surface area contributed by atoms with Crippen LogP contribution in [0.4, 0.5) is 0 Å². The van der Waals surface area contributed by atoms with Crippen molar-refractivity contribution < 1.29 is 19.5 Å². The number of likely N-dealkylation sites (N-methyl/N-ethyl adjacent to an activating group) is 1. The van der Waals surface area contributed by atoms with E-state index in [1.54, 1.807) is 44.4 Å². The molecule has 1 amide bonds. The molecule has 0 aromatic heterocycles. The molecule has 0 saturated carbocycles. The molecule has 0 unspecified atom stereocenters. The second-order valence-corrected chi connectivity index (χ2v) is 7.02. The molecule has 3 rings (SSSR count). The van der Waals surface area contributed by atoms with E-state index in [2.05, 4.69) is 5.16 Å². The van der Waals surface area contributed by atoms with Crippen molar-refractivity contribution in [3.8, 4) is 11.5 Å². The van der Waals surface area contributed by atoms with Crippen molar-refractivity contribution >= 4 is 11.6 Å². The first-order valence-electron chi connectivity index (χ1n) is 9.92. The van der Waals surface area contributed by atoms with E-state index in [0.717, 1.165) is 11.1 Å². The zero-order valence-electron chi connectivity index (χ0n) is 17.9. The fraction of sp³-hybridized carbons (Fsp3) is 0.200. The lowest BCUT2D eigenvalue weighted by atomic mass is 9.95. The van der Waals surface area contributed by atoms with Gasteiger partial charge in [-0.15, -0.1) is 0 Å². The minimum Gasteiger partial charge on any atom is -0.493 e. The van der Waals surface area contributed by atoms with Gasteiger partial charge in [0.1, 0.15) is 5.71 Å². The monoisotopic (exact) mass is 418 g/mol.